The van der Waals surface area contributed by atoms with E-state index in [1.54, 1.807) is 19.2 Å². The van der Waals surface area contributed by atoms with Crippen molar-refractivity contribution >= 4 is 22.6 Å². The number of nitrogens with one attached hydrogen (secondary N) is 2. The SMILES string of the molecule is CNC(=O)c1cccc(CNC(=O)Cc2ccc3ccccc3c2)c1. The predicted molar refractivity (Wildman–Crippen MR) is 99.3 cm³/mol. The number of hydrogen-bond donors (Lipinski definition) is 2. The first-order valence-corrected chi connectivity index (χ1v) is 8.21. The van der Waals surface area contributed by atoms with Crippen LogP contribution in [0, 0.1) is 0 Å². The van der Waals surface area contributed by atoms with Gasteiger partial charge in [0.25, 0.3) is 5.91 Å². The molecule has 4 nitrogen and oxygen atoms in total. The van der Waals surface area contributed by atoms with Crippen molar-refractivity contribution in [2.75, 3.05) is 7.05 Å². The monoisotopic (exact) mass is 332 g/mol. The average Bonchev–Trinajstić information content (AvgIpc) is 2.66. The number of carbonyl (C=O) groups excluding carboxylic acids is 2. The molecule has 3 aromatic rings. The van der Waals surface area contributed by atoms with Gasteiger partial charge in [0, 0.05) is 19.2 Å². The highest BCUT2D eigenvalue weighted by Gasteiger charge is 2.06. The second-order valence-corrected chi connectivity index (χ2v) is 5.91. The molecule has 126 valence electrons. The summed E-state index contributed by atoms with van der Waals surface area (Å²) in [5.41, 5.74) is 2.46. The van der Waals surface area contributed by atoms with Crippen LogP contribution in [0.4, 0.5) is 0 Å². The van der Waals surface area contributed by atoms with E-state index in [0.717, 1.165) is 21.9 Å². The van der Waals surface area contributed by atoms with E-state index in [4.69, 9.17) is 0 Å². The van der Waals surface area contributed by atoms with E-state index in [9.17, 15) is 9.59 Å². The second-order valence-electron chi connectivity index (χ2n) is 5.91. The lowest BCUT2D eigenvalue weighted by molar-refractivity contribution is -0.120. The van der Waals surface area contributed by atoms with Crippen LogP contribution in [0.15, 0.2) is 66.7 Å². The van der Waals surface area contributed by atoms with Gasteiger partial charge in [0.05, 0.1) is 6.42 Å². The smallest absolute Gasteiger partial charge is 0.251 e. The molecule has 0 saturated heterocycles. The van der Waals surface area contributed by atoms with Crippen molar-refractivity contribution in [1.29, 1.82) is 0 Å². The lowest BCUT2D eigenvalue weighted by Gasteiger charge is -2.08. The molecular formula is C21H20N2O2. The van der Waals surface area contributed by atoms with Crippen molar-refractivity contribution in [2.45, 2.75) is 13.0 Å². The highest BCUT2D eigenvalue weighted by atomic mass is 16.2. The van der Waals surface area contributed by atoms with E-state index >= 15 is 0 Å². The Morgan fingerprint density at radius 1 is 0.840 bits per heavy atom. The molecule has 2 N–H and O–H groups in total. The standard InChI is InChI=1S/C21H20N2O2/c1-22-21(25)19-8-4-5-16(12-19)14-23-20(24)13-15-9-10-17-6-2-3-7-18(17)11-15/h2-12H,13-14H2,1H3,(H,22,25)(H,23,24). The van der Waals surface area contributed by atoms with Gasteiger partial charge in [-0.1, -0.05) is 54.6 Å². The van der Waals surface area contributed by atoms with E-state index in [0.29, 0.717) is 18.5 Å². The summed E-state index contributed by atoms with van der Waals surface area (Å²) in [7, 11) is 1.60. The minimum atomic E-state index is -0.135. The minimum absolute atomic E-state index is 0.0411. The van der Waals surface area contributed by atoms with Crippen molar-refractivity contribution < 1.29 is 9.59 Å². The lowest BCUT2D eigenvalue weighted by Crippen LogP contribution is -2.25. The summed E-state index contributed by atoms with van der Waals surface area (Å²) in [6, 6.07) is 21.4. The molecular weight excluding hydrogens is 312 g/mol. The van der Waals surface area contributed by atoms with Gasteiger partial charge >= 0.3 is 0 Å². The summed E-state index contributed by atoms with van der Waals surface area (Å²) in [6.07, 6.45) is 0.333. The number of amides is 2. The van der Waals surface area contributed by atoms with Crippen molar-refractivity contribution in [1.82, 2.24) is 10.6 Å². The van der Waals surface area contributed by atoms with Gasteiger partial charge in [-0.3, -0.25) is 9.59 Å². The summed E-state index contributed by atoms with van der Waals surface area (Å²) >= 11 is 0. The molecule has 3 aromatic carbocycles. The predicted octanol–water partition coefficient (Wildman–Crippen LogP) is 3.06. The zero-order valence-corrected chi connectivity index (χ0v) is 14.1. The van der Waals surface area contributed by atoms with E-state index in [1.807, 2.05) is 48.5 Å². The highest BCUT2D eigenvalue weighted by Crippen LogP contribution is 2.16. The molecule has 0 saturated carbocycles. The van der Waals surface area contributed by atoms with Crippen LogP contribution in [-0.4, -0.2) is 18.9 Å². The van der Waals surface area contributed by atoms with Gasteiger partial charge < -0.3 is 10.6 Å². The summed E-state index contributed by atoms with van der Waals surface area (Å²) in [5, 5.41) is 7.80. The van der Waals surface area contributed by atoms with Crippen LogP contribution in [-0.2, 0) is 17.8 Å². The average molecular weight is 332 g/mol. The van der Waals surface area contributed by atoms with Gasteiger partial charge in [-0.05, 0) is 34.0 Å². The molecule has 0 radical (unpaired) electrons. The zero-order valence-electron chi connectivity index (χ0n) is 14.1. The van der Waals surface area contributed by atoms with Crippen LogP contribution in [0.1, 0.15) is 21.5 Å². The van der Waals surface area contributed by atoms with Crippen LogP contribution in [0.25, 0.3) is 10.8 Å². The number of fused-ring (bicyclic) bond motifs is 1. The third-order valence-electron chi connectivity index (χ3n) is 4.08. The van der Waals surface area contributed by atoms with Crippen LogP contribution in [0.2, 0.25) is 0 Å². The maximum Gasteiger partial charge on any atom is 0.251 e. The number of hydrogen-bond acceptors (Lipinski definition) is 2. The van der Waals surface area contributed by atoms with Gasteiger partial charge in [0.15, 0.2) is 0 Å². The van der Waals surface area contributed by atoms with Crippen LogP contribution in [0.3, 0.4) is 0 Å². The molecule has 0 bridgehead atoms. The molecule has 0 unspecified atom stereocenters. The summed E-state index contributed by atoms with van der Waals surface area (Å²) in [5.74, 6) is -0.176. The van der Waals surface area contributed by atoms with Crippen molar-refractivity contribution in [3.05, 3.63) is 83.4 Å². The topological polar surface area (TPSA) is 58.2 Å². The third kappa shape index (κ3) is 4.23. The molecule has 4 heteroatoms. The Morgan fingerprint density at radius 2 is 1.64 bits per heavy atom. The van der Waals surface area contributed by atoms with E-state index in [2.05, 4.69) is 16.7 Å². The molecule has 0 heterocycles. The summed E-state index contributed by atoms with van der Waals surface area (Å²) < 4.78 is 0. The molecule has 0 aromatic heterocycles. The van der Waals surface area contributed by atoms with Gasteiger partial charge in [-0.2, -0.15) is 0 Å². The van der Waals surface area contributed by atoms with Crippen molar-refractivity contribution in [3.8, 4) is 0 Å². The van der Waals surface area contributed by atoms with Crippen LogP contribution < -0.4 is 10.6 Å². The minimum Gasteiger partial charge on any atom is -0.355 e. The van der Waals surface area contributed by atoms with E-state index < -0.39 is 0 Å². The largest absolute Gasteiger partial charge is 0.355 e. The second kappa shape index (κ2) is 7.62. The Kier molecular flexibility index (Phi) is 5.09. The van der Waals surface area contributed by atoms with E-state index in [-0.39, 0.29) is 11.8 Å². The first kappa shape index (κ1) is 16.7. The molecule has 0 aliphatic heterocycles. The molecule has 0 atom stereocenters. The molecule has 25 heavy (non-hydrogen) atoms. The number of carbonyl (C=O) groups is 2. The molecule has 0 spiro atoms. The fourth-order valence-corrected chi connectivity index (χ4v) is 2.76. The maximum absolute atomic E-state index is 12.2. The highest BCUT2D eigenvalue weighted by molar-refractivity contribution is 5.94. The van der Waals surface area contributed by atoms with Gasteiger partial charge in [-0.25, -0.2) is 0 Å². The fourth-order valence-electron chi connectivity index (χ4n) is 2.76. The van der Waals surface area contributed by atoms with Gasteiger partial charge in [-0.15, -0.1) is 0 Å². The quantitative estimate of drug-likeness (QED) is 0.754. The number of rotatable bonds is 5. The van der Waals surface area contributed by atoms with Crippen LogP contribution >= 0.6 is 0 Å². The van der Waals surface area contributed by atoms with Gasteiger partial charge in [0.2, 0.25) is 5.91 Å². The van der Waals surface area contributed by atoms with Crippen molar-refractivity contribution in [2.24, 2.45) is 0 Å². The molecule has 0 aliphatic rings. The first-order valence-electron chi connectivity index (χ1n) is 8.21. The van der Waals surface area contributed by atoms with Gasteiger partial charge in [0.1, 0.15) is 0 Å². The summed E-state index contributed by atoms with van der Waals surface area (Å²) in [6.45, 7) is 0.400. The molecule has 3 rings (SSSR count). The normalized spacial score (nSPS) is 10.4. The number of benzene rings is 3. The molecule has 0 fully saturated rings. The Hall–Kier alpha value is -3.14. The third-order valence-corrected chi connectivity index (χ3v) is 4.08. The lowest BCUT2D eigenvalue weighted by atomic mass is 10.0. The Labute approximate surface area is 146 Å². The Bertz CT molecular complexity index is 918. The summed E-state index contributed by atoms with van der Waals surface area (Å²) in [4.78, 5) is 23.9. The first-order chi connectivity index (χ1) is 12.2. The van der Waals surface area contributed by atoms with Crippen LogP contribution in [0.5, 0.6) is 0 Å². The molecule has 0 aliphatic carbocycles. The van der Waals surface area contributed by atoms with E-state index in [1.165, 1.54) is 0 Å². The van der Waals surface area contributed by atoms with Crippen molar-refractivity contribution in [3.63, 3.8) is 0 Å². The Morgan fingerprint density at radius 3 is 2.44 bits per heavy atom. The zero-order chi connectivity index (χ0) is 17.6. The fraction of sp³-hybridized carbons (Fsp3) is 0.143. The maximum atomic E-state index is 12.2. The molecule has 2 amide bonds. The Balaban J connectivity index is 1.61.